The maximum absolute atomic E-state index is 13.0. The van der Waals surface area contributed by atoms with Gasteiger partial charge in [0.15, 0.2) is 23.0 Å². The maximum atomic E-state index is 13.0. The van der Waals surface area contributed by atoms with Crippen molar-refractivity contribution in [3.63, 3.8) is 0 Å². The standard InChI is InChI=1S/C34H30O6/c1-36-29-16-24(13-14-28(29)38-19-22-9-5-3-6-10-22)32-27-18-31(39-20-23-11-7-4-8-12-23)30(37-2)17-25(27)15-26-21-40-34(35)33(26)32/h3-14,16-18,26H,15,19-21H2,1-2H3/t26-/m0/s1. The molecule has 0 aromatic heterocycles. The number of carbonyl (C=O) groups is 1. The van der Waals surface area contributed by atoms with Gasteiger partial charge in [0.2, 0.25) is 0 Å². The van der Waals surface area contributed by atoms with Crippen LogP contribution in [0.1, 0.15) is 27.8 Å². The average Bonchev–Trinajstić information content (AvgIpc) is 3.38. The third-order valence-electron chi connectivity index (χ3n) is 7.36. The highest BCUT2D eigenvalue weighted by molar-refractivity contribution is 6.05. The number of benzene rings is 4. The number of cyclic esters (lactones) is 1. The van der Waals surface area contributed by atoms with Crippen LogP contribution in [0, 0.1) is 5.92 Å². The van der Waals surface area contributed by atoms with Crippen LogP contribution >= 0.6 is 0 Å². The third kappa shape index (κ3) is 5.00. The second-order valence-electron chi connectivity index (χ2n) is 9.86. The van der Waals surface area contributed by atoms with Gasteiger partial charge in [0.1, 0.15) is 13.2 Å². The Labute approximate surface area is 233 Å². The minimum absolute atomic E-state index is 0.0317. The fraction of sp³-hybridized carbons (Fsp3) is 0.206. The SMILES string of the molecule is COc1cc(C2=C3C(=O)OC[C@@H]3Cc3cc(OC)c(OCc4ccccc4)cc32)ccc1OCc1ccccc1. The molecule has 1 atom stereocenters. The normalized spacial score (nSPS) is 15.7. The summed E-state index contributed by atoms with van der Waals surface area (Å²) >= 11 is 0. The lowest BCUT2D eigenvalue weighted by Gasteiger charge is -2.26. The molecule has 0 amide bonds. The summed E-state index contributed by atoms with van der Waals surface area (Å²) in [7, 11) is 3.26. The first-order valence-corrected chi connectivity index (χ1v) is 13.3. The van der Waals surface area contributed by atoms with Gasteiger partial charge in [0.25, 0.3) is 0 Å². The minimum Gasteiger partial charge on any atom is -0.493 e. The minimum atomic E-state index is -0.281. The van der Waals surface area contributed by atoms with Gasteiger partial charge in [-0.05, 0) is 58.5 Å². The molecular formula is C34H30O6. The van der Waals surface area contributed by atoms with E-state index in [1.165, 1.54) is 0 Å². The van der Waals surface area contributed by atoms with E-state index in [1.807, 2.05) is 91.0 Å². The molecule has 0 spiro atoms. The highest BCUT2D eigenvalue weighted by atomic mass is 16.5. The Bertz CT molecular complexity index is 1560. The number of rotatable bonds is 9. The van der Waals surface area contributed by atoms with E-state index >= 15 is 0 Å². The molecule has 0 unspecified atom stereocenters. The van der Waals surface area contributed by atoms with Crippen molar-refractivity contribution in [1.82, 2.24) is 0 Å². The van der Waals surface area contributed by atoms with Crippen molar-refractivity contribution < 1.29 is 28.5 Å². The smallest absolute Gasteiger partial charge is 0.335 e. The Morgan fingerprint density at radius 1 is 0.725 bits per heavy atom. The number of hydrogen-bond donors (Lipinski definition) is 0. The number of esters is 1. The monoisotopic (exact) mass is 534 g/mol. The van der Waals surface area contributed by atoms with E-state index in [4.69, 9.17) is 23.7 Å². The molecule has 0 bridgehead atoms. The molecule has 1 aliphatic heterocycles. The third-order valence-corrected chi connectivity index (χ3v) is 7.36. The van der Waals surface area contributed by atoms with Crippen molar-refractivity contribution in [2.75, 3.05) is 20.8 Å². The Kier molecular flexibility index (Phi) is 7.15. The second kappa shape index (κ2) is 11.2. The lowest BCUT2D eigenvalue weighted by atomic mass is 9.77. The van der Waals surface area contributed by atoms with Crippen LogP contribution in [0.25, 0.3) is 5.57 Å². The van der Waals surface area contributed by atoms with E-state index in [9.17, 15) is 4.79 Å². The van der Waals surface area contributed by atoms with E-state index in [-0.39, 0.29) is 11.9 Å². The van der Waals surface area contributed by atoms with Crippen molar-refractivity contribution in [1.29, 1.82) is 0 Å². The largest absolute Gasteiger partial charge is 0.493 e. The first-order valence-electron chi connectivity index (χ1n) is 13.3. The number of carbonyl (C=O) groups excluding carboxylic acids is 1. The Morgan fingerprint density at radius 3 is 2.00 bits per heavy atom. The van der Waals surface area contributed by atoms with Gasteiger partial charge >= 0.3 is 5.97 Å². The first kappa shape index (κ1) is 25.6. The highest BCUT2D eigenvalue weighted by Crippen LogP contribution is 2.47. The fourth-order valence-corrected chi connectivity index (χ4v) is 5.38. The summed E-state index contributed by atoms with van der Waals surface area (Å²) in [5.41, 5.74) is 6.48. The Hall–Kier alpha value is -4.71. The molecular weight excluding hydrogens is 504 g/mol. The van der Waals surface area contributed by atoms with Crippen molar-refractivity contribution in [2.45, 2.75) is 19.6 Å². The molecule has 40 heavy (non-hydrogen) atoms. The first-order chi connectivity index (χ1) is 19.6. The molecule has 202 valence electrons. The van der Waals surface area contributed by atoms with Crippen LogP contribution in [-0.4, -0.2) is 26.8 Å². The number of methoxy groups -OCH3 is 2. The quantitative estimate of drug-likeness (QED) is 0.232. The lowest BCUT2D eigenvalue weighted by Crippen LogP contribution is -2.17. The van der Waals surface area contributed by atoms with Crippen LogP contribution in [0.15, 0.2) is 96.6 Å². The van der Waals surface area contributed by atoms with E-state index < -0.39 is 0 Å². The molecule has 6 nitrogen and oxygen atoms in total. The molecule has 1 heterocycles. The van der Waals surface area contributed by atoms with Crippen LogP contribution in [0.3, 0.4) is 0 Å². The van der Waals surface area contributed by atoms with Crippen LogP contribution in [0.5, 0.6) is 23.0 Å². The van der Waals surface area contributed by atoms with Crippen LogP contribution < -0.4 is 18.9 Å². The summed E-state index contributed by atoms with van der Waals surface area (Å²) in [6.07, 6.45) is 0.685. The molecule has 0 N–H and O–H groups in total. The maximum Gasteiger partial charge on any atom is 0.335 e. The summed E-state index contributed by atoms with van der Waals surface area (Å²) in [5.74, 6) is 2.18. The van der Waals surface area contributed by atoms with E-state index in [2.05, 4.69) is 0 Å². The van der Waals surface area contributed by atoms with Gasteiger partial charge in [0.05, 0.1) is 26.4 Å². The van der Waals surface area contributed by atoms with Crippen molar-refractivity contribution in [3.8, 4) is 23.0 Å². The van der Waals surface area contributed by atoms with Gasteiger partial charge in [-0.2, -0.15) is 0 Å². The van der Waals surface area contributed by atoms with Crippen LogP contribution in [0.2, 0.25) is 0 Å². The fourth-order valence-electron chi connectivity index (χ4n) is 5.38. The van der Waals surface area contributed by atoms with Crippen molar-refractivity contribution >= 4 is 11.5 Å². The molecule has 6 heteroatoms. The molecule has 4 aromatic rings. The Morgan fingerprint density at radius 2 is 1.35 bits per heavy atom. The second-order valence-corrected chi connectivity index (χ2v) is 9.86. The molecule has 1 saturated heterocycles. The van der Waals surface area contributed by atoms with Gasteiger partial charge in [-0.15, -0.1) is 0 Å². The molecule has 0 radical (unpaired) electrons. The average molecular weight is 535 g/mol. The highest BCUT2D eigenvalue weighted by Gasteiger charge is 2.39. The van der Waals surface area contributed by atoms with Crippen LogP contribution in [-0.2, 0) is 29.2 Å². The van der Waals surface area contributed by atoms with Crippen molar-refractivity contribution in [2.24, 2.45) is 5.92 Å². The summed E-state index contributed by atoms with van der Waals surface area (Å²) in [4.78, 5) is 13.0. The van der Waals surface area contributed by atoms with E-state index in [0.29, 0.717) is 54.8 Å². The number of fused-ring (bicyclic) bond motifs is 2. The molecule has 4 aromatic carbocycles. The Balaban J connectivity index is 1.39. The van der Waals surface area contributed by atoms with Gasteiger partial charge < -0.3 is 23.7 Å². The topological polar surface area (TPSA) is 63.2 Å². The van der Waals surface area contributed by atoms with Gasteiger partial charge in [-0.25, -0.2) is 4.79 Å². The number of ether oxygens (including phenoxy) is 5. The molecule has 2 aliphatic rings. The lowest BCUT2D eigenvalue weighted by molar-refractivity contribution is -0.135. The number of hydrogen-bond acceptors (Lipinski definition) is 6. The van der Waals surface area contributed by atoms with Crippen LogP contribution in [0.4, 0.5) is 0 Å². The summed E-state index contributed by atoms with van der Waals surface area (Å²) in [6.45, 7) is 1.18. The summed E-state index contributed by atoms with van der Waals surface area (Å²) in [5, 5.41) is 0. The molecule has 6 rings (SSSR count). The summed E-state index contributed by atoms with van der Waals surface area (Å²) in [6, 6.07) is 29.7. The molecule has 0 saturated carbocycles. The van der Waals surface area contributed by atoms with Gasteiger partial charge in [0, 0.05) is 11.5 Å². The predicted octanol–water partition coefficient (Wildman–Crippen LogP) is 6.39. The van der Waals surface area contributed by atoms with Gasteiger partial charge in [-0.1, -0.05) is 66.7 Å². The summed E-state index contributed by atoms with van der Waals surface area (Å²) < 4.78 is 29.3. The predicted molar refractivity (Wildman–Crippen MR) is 152 cm³/mol. The van der Waals surface area contributed by atoms with E-state index in [0.717, 1.165) is 33.4 Å². The van der Waals surface area contributed by atoms with E-state index in [1.54, 1.807) is 14.2 Å². The molecule has 1 aliphatic carbocycles. The zero-order valence-corrected chi connectivity index (χ0v) is 22.5. The zero-order valence-electron chi connectivity index (χ0n) is 22.5. The van der Waals surface area contributed by atoms with Gasteiger partial charge in [-0.3, -0.25) is 0 Å². The zero-order chi connectivity index (χ0) is 27.5. The van der Waals surface area contributed by atoms with Crippen molar-refractivity contribution in [3.05, 3.63) is 124 Å². The molecule has 1 fully saturated rings.